The first kappa shape index (κ1) is 16.9. The molecule has 0 aliphatic rings. The fourth-order valence-corrected chi connectivity index (χ4v) is 3.03. The van der Waals surface area contributed by atoms with Crippen molar-refractivity contribution in [2.45, 2.75) is 12.3 Å². The topological polar surface area (TPSA) is 38.7 Å². The quantitative estimate of drug-likeness (QED) is 0.705. The molecule has 25 heavy (non-hydrogen) atoms. The molecule has 0 aromatic heterocycles. The molecule has 1 N–H and O–H groups in total. The van der Waals surface area contributed by atoms with Gasteiger partial charge >= 0.3 is 0 Å². The second kappa shape index (κ2) is 7.75. The Morgan fingerprint density at radius 3 is 2.08 bits per heavy atom. The maximum Gasteiger partial charge on any atom is 0.119 e. The van der Waals surface area contributed by atoms with Crippen LogP contribution in [0.3, 0.4) is 0 Å². The maximum atomic E-state index is 9.61. The van der Waals surface area contributed by atoms with Crippen LogP contribution in [0, 0.1) is 0 Å². The summed E-state index contributed by atoms with van der Waals surface area (Å²) >= 11 is 0. The van der Waals surface area contributed by atoms with Crippen LogP contribution in [0.5, 0.6) is 17.2 Å². The summed E-state index contributed by atoms with van der Waals surface area (Å²) in [6.45, 7) is 0. The van der Waals surface area contributed by atoms with Gasteiger partial charge in [0, 0.05) is 5.92 Å². The third-order valence-electron chi connectivity index (χ3n) is 4.37. The fraction of sp³-hybridized carbons (Fsp3) is 0.182. The number of ether oxygens (including phenoxy) is 2. The molecule has 3 aromatic carbocycles. The molecule has 3 rings (SSSR count). The zero-order chi connectivity index (χ0) is 17.6. The summed E-state index contributed by atoms with van der Waals surface area (Å²) < 4.78 is 10.7. The van der Waals surface area contributed by atoms with E-state index >= 15 is 0 Å². The van der Waals surface area contributed by atoms with E-state index in [0.29, 0.717) is 0 Å². The molecule has 3 heteroatoms. The van der Waals surface area contributed by atoms with Gasteiger partial charge in [0.05, 0.1) is 14.2 Å². The Balaban J connectivity index is 2.00. The van der Waals surface area contributed by atoms with E-state index in [4.69, 9.17) is 9.47 Å². The smallest absolute Gasteiger partial charge is 0.119 e. The summed E-state index contributed by atoms with van der Waals surface area (Å²) in [5.41, 5.74) is 3.52. The summed E-state index contributed by atoms with van der Waals surface area (Å²) in [6.07, 6.45) is 0.829. The van der Waals surface area contributed by atoms with Crippen molar-refractivity contribution in [1.82, 2.24) is 0 Å². The first-order chi connectivity index (χ1) is 12.2. The lowest BCUT2D eigenvalue weighted by Crippen LogP contribution is -2.05. The van der Waals surface area contributed by atoms with Crippen molar-refractivity contribution < 1.29 is 14.6 Å². The second-order valence-corrected chi connectivity index (χ2v) is 5.98. The van der Waals surface area contributed by atoms with Gasteiger partial charge in [-0.05, 0) is 59.5 Å². The van der Waals surface area contributed by atoms with Crippen LogP contribution < -0.4 is 9.47 Å². The third-order valence-corrected chi connectivity index (χ3v) is 4.37. The third kappa shape index (κ3) is 4.13. The number of phenols is 1. The number of hydrogen-bond acceptors (Lipinski definition) is 3. The highest BCUT2D eigenvalue weighted by Crippen LogP contribution is 2.32. The number of benzene rings is 3. The normalized spacial score (nSPS) is 11.8. The van der Waals surface area contributed by atoms with Gasteiger partial charge in [0.1, 0.15) is 17.2 Å². The standard InChI is InChI=1S/C22H22O3/c1-24-20-7-3-5-16(13-20)14-22(17-9-11-19(23)12-10-17)18-6-4-8-21(15-18)25-2/h3-13,15,22-23H,14H2,1-2H3/t22-/m0/s1. The van der Waals surface area contributed by atoms with E-state index < -0.39 is 0 Å². The van der Waals surface area contributed by atoms with E-state index in [9.17, 15) is 5.11 Å². The molecule has 3 nitrogen and oxygen atoms in total. The van der Waals surface area contributed by atoms with Crippen LogP contribution in [0.2, 0.25) is 0 Å². The van der Waals surface area contributed by atoms with Gasteiger partial charge in [-0.15, -0.1) is 0 Å². The molecule has 0 aliphatic carbocycles. The van der Waals surface area contributed by atoms with Crippen molar-refractivity contribution in [1.29, 1.82) is 0 Å². The Labute approximate surface area is 148 Å². The molecule has 0 radical (unpaired) electrons. The molecule has 0 amide bonds. The minimum atomic E-state index is 0.155. The number of aromatic hydroxyl groups is 1. The molecule has 1 atom stereocenters. The lowest BCUT2D eigenvalue weighted by Gasteiger charge is -2.19. The van der Waals surface area contributed by atoms with Crippen molar-refractivity contribution in [2.75, 3.05) is 14.2 Å². The lowest BCUT2D eigenvalue weighted by atomic mass is 9.86. The van der Waals surface area contributed by atoms with E-state index in [1.807, 2.05) is 36.4 Å². The van der Waals surface area contributed by atoms with Crippen LogP contribution >= 0.6 is 0 Å². The fourth-order valence-electron chi connectivity index (χ4n) is 3.03. The van der Waals surface area contributed by atoms with Gasteiger partial charge in [-0.25, -0.2) is 0 Å². The van der Waals surface area contributed by atoms with E-state index in [0.717, 1.165) is 23.5 Å². The molecule has 0 unspecified atom stereocenters. The monoisotopic (exact) mass is 334 g/mol. The summed E-state index contributed by atoms with van der Waals surface area (Å²) in [7, 11) is 3.36. The molecule has 0 fully saturated rings. The Morgan fingerprint density at radius 2 is 1.40 bits per heavy atom. The molecule has 0 saturated heterocycles. The molecular formula is C22H22O3. The summed E-state index contributed by atoms with van der Waals surface area (Å²) in [5, 5.41) is 9.61. The predicted octanol–water partition coefficient (Wildman–Crippen LogP) is 4.78. The number of hydrogen-bond donors (Lipinski definition) is 1. The van der Waals surface area contributed by atoms with Crippen LogP contribution in [-0.2, 0) is 6.42 Å². The Morgan fingerprint density at radius 1 is 0.760 bits per heavy atom. The van der Waals surface area contributed by atoms with Crippen molar-refractivity contribution in [3.8, 4) is 17.2 Å². The predicted molar refractivity (Wildman–Crippen MR) is 99.6 cm³/mol. The van der Waals surface area contributed by atoms with Gasteiger partial charge in [0.25, 0.3) is 0 Å². The van der Waals surface area contributed by atoms with Crippen molar-refractivity contribution in [3.05, 3.63) is 89.5 Å². The Hall–Kier alpha value is -2.94. The molecule has 0 saturated carbocycles. The molecular weight excluding hydrogens is 312 g/mol. The zero-order valence-electron chi connectivity index (χ0n) is 14.5. The van der Waals surface area contributed by atoms with Gasteiger partial charge < -0.3 is 14.6 Å². The summed E-state index contributed by atoms with van der Waals surface area (Å²) in [4.78, 5) is 0. The molecule has 0 spiro atoms. The summed E-state index contributed by atoms with van der Waals surface area (Å²) in [5.74, 6) is 2.12. The van der Waals surface area contributed by atoms with Gasteiger partial charge in [0.15, 0.2) is 0 Å². The van der Waals surface area contributed by atoms with Crippen LogP contribution in [-0.4, -0.2) is 19.3 Å². The minimum Gasteiger partial charge on any atom is -0.508 e. The van der Waals surface area contributed by atoms with Crippen LogP contribution in [0.1, 0.15) is 22.6 Å². The summed E-state index contributed by atoms with van der Waals surface area (Å²) in [6, 6.07) is 23.7. The molecule has 0 bridgehead atoms. The highest BCUT2D eigenvalue weighted by Gasteiger charge is 2.16. The molecule has 3 aromatic rings. The molecule has 0 heterocycles. The van der Waals surface area contributed by atoms with Gasteiger partial charge in [0.2, 0.25) is 0 Å². The molecule has 128 valence electrons. The van der Waals surface area contributed by atoms with E-state index in [-0.39, 0.29) is 11.7 Å². The SMILES string of the molecule is COc1cccc(C[C@@H](c2ccc(O)cc2)c2cccc(OC)c2)c1. The first-order valence-corrected chi connectivity index (χ1v) is 8.25. The first-order valence-electron chi connectivity index (χ1n) is 8.25. The average Bonchev–Trinajstić information content (AvgIpc) is 2.67. The average molecular weight is 334 g/mol. The van der Waals surface area contributed by atoms with E-state index in [1.165, 1.54) is 11.1 Å². The zero-order valence-corrected chi connectivity index (χ0v) is 14.5. The second-order valence-electron chi connectivity index (χ2n) is 5.98. The number of phenolic OH excluding ortho intramolecular Hbond substituents is 1. The minimum absolute atomic E-state index is 0.155. The highest BCUT2D eigenvalue weighted by molar-refractivity contribution is 5.41. The van der Waals surface area contributed by atoms with Crippen molar-refractivity contribution in [2.24, 2.45) is 0 Å². The molecule has 0 aliphatic heterocycles. The van der Waals surface area contributed by atoms with E-state index in [1.54, 1.807) is 26.4 Å². The van der Waals surface area contributed by atoms with Crippen molar-refractivity contribution in [3.63, 3.8) is 0 Å². The van der Waals surface area contributed by atoms with Gasteiger partial charge in [-0.1, -0.05) is 36.4 Å². The highest BCUT2D eigenvalue weighted by atomic mass is 16.5. The van der Waals surface area contributed by atoms with Crippen LogP contribution in [0.15, 0.2) is 72.8 Å². The number of rotatable bonds is 6. The van der Waals surface area contributed by atoms with Gasteiger partial charge in [-0.2, -0.15) is 0 Å². The van der Waals surface area contributed by atoms with Crippen LogP contribution in [0.25, 0.3) is 0 Å². The van der Waals surface area contributed by atoms with Gasteiger partial charge in [-0.3, -0.25) is 0 Å². The van der Waals surface area contributed by atoms with E-state index in [2.05, 4.69) is 24.3 Å². The Kier molecular flexibility index (Phi) is 5.24. The number of methoxy groups -OCH3 is 2. The Bertz CT molecular complexity index is 825. The van der Waals surface area contributed by atoms with Crippen molar-refractivity contribution >= 4 is 0 Å². The maximum absolute atomic E-state index is 9.61. The van der Waals surface area contributed by atoms with Crippen LogP contribution in [0.4, 0.5) is 0 Å². The largest absolute Gasteiger partial charge is 0.508 e. The lowest BCUT2D eigenvalue weighted by molar-refractivity contribution is 0.413.